The molecule has 2 aromatic carbocycles. The molecule has 0 spiro atoms. The van der Waals surface area contributed by atoms with Crippen molar-refractivity contribution in [3.8, 4) is 11.1 Å². The van der Waals surface area contributed by atoms with Crippen LogP contribution in [0.3, 0.4) is 0 Å². The van der Waals surface area contributed by atoms with Gasteiger partial charge in [-0.25, -0.2) is 0 Å². The number of hydrogen-bond acceptors (Lipinski definition) is 4. The lowest BCUT2D eigenvalue weighted by atomic mass is 9.81. The van der Waals surface area contributed by atoms with Gasteiger partial charge in [0.15, 0.2) is 5.12 Å². The van der Waals surface area contributed by atoms with Crippen molar-refractivity contribution in [2.24, 2.45) is 0 Å². The van der Waals surface area contributed by atoms with Crippen LogP contribution < -0.4 is 0 Å². The predicted octanol–water partition coefficient (Wildman–Crippen LogP) is 4.06. The van der Waals surface area contributed by atoms with Gasteiger partial charge in [0.05, 0.1) is 6.10 Å². The number of carbonyl (C=O) groups is 1. The van der Waals surface area contributed by atoms with Gasteiger partial charge >= 0.3 is 0 Å². The van der Waals surface area contributed by atoms with Crippen molar-refractivity contribution in [3.05, 3.63) is 59.2 Å². The molecule has 2 unspecified atom stereocenters. The zero-order valence-electron chi connectivity index (χ0n) is 14.8. The van der Waals surface area contributed by atoms with Crippen LogP contribution >= 0.6 is 11.8 Å². The van der Waals surface area contributed by atoms with E-state index in [9.17, 15) is 15.0 Å². The highest BCUT2D eigenvalue weighted by atomic mass is 32.2. The Balaban J connectivity index is 1.85. The van der Waals surface area contributed by atoms with E-state index in [1.807, 2.05) is 24.3 Å². The van der Waals surface area contributed by atoms with E-state index in [0.29, 0.717) is 12.2 Å². The molecule has 0 fully saturated rings. The molecule has 0 saturated carbocycles. The Kier molecular flexibility index (Phi) is 5.05. The van der Waals surface area contributed by atoms with Gasteiger partial charge < -0.3 is 10.2 Å². The van der Waals surface area contributed by atoms with Crippen LogP contribution in [0.2, 0.25) is 0 Å². The molecule has 0 bridgehead atoms. The van der Waals surface area contributed by atoms with E-state index in [2.05, 4.69) is 32.0 Å². The molecule has 0 aliphatic heterocycles. The SMILES string of the molecule is CC(=O)SCCC(O)C(O)c1ccc2c(c1)C(C)(C)c1ccccc1-2. The first-order valence-corrected chi connectivity index (χ1v) is 9.54. The first-order chi connectivity index (χ1) is 11.8. The zero-order valence-corrected chi connectivity index (χ0v) is 15.6. The van der Waals surface area contributed by atoms with Gasteiger partial charge in [0, 0.05) is 18.1 Å². The van der Waals surface area contributed by atoms with Gasteiger partial charge in [-0.2, -0.15) is 0 Å². The van der Waals surface area contributed by atoms with Gasteiger partial charge in [-0.3, -0.25) is 4.79 Å². The Morgan fingerprint density at radius 3 is 2.48 bits per heavy atom. The molecule has 1 aliphatic rings. The largest absolute Gasteiger partial charge is 0.390 e. The van der Waals surface area contributed by atoms with Crippen molar-refractivity contribution in [2.45, 2.75) is 44.8 Å². The minimum Gasteiger partial charge on any atom is -0.390 e. The van der Waals surface area contributed by atoms with Gasteiger partial charge in [0.2, 0.25) is 0 Å². The Bertz CT molecular complexity index is 797. The van der Waals surface area contributed by atoms with Crippen molar-refractivity contribution in [1.82, 2.24) is 0 Å². The van der Waals surface area contributed by atoms with Crippen molar-refractivity contribution in [1.29, 1.82) is 0 Å². The summed E-state index contributed by atoms with van der Waals surface area (Å²) in [4.78, 5) is 11.0. The summed E-state index contributed by atoms with van der Waals surface area (Å²) in [5.41, 5.74) is 5.49. The van der Waals surface area contributed by atoms with Crippen LogP contribution in [-0.2, 0) is 10.2 Å². The van der Waals surface area contributed by atoms with E-state index < -0.39 is 12.2 Å². The predicted molar refractivity (Wildman–Crippen MR) is 103 cm³/mol. The summed E-state index contributed by atoms with van der Waals surface area (Å²) in [5.74, 6) is 0.509. The highest BCUT2D eigenvalue weighted by molar-refractivity contribution is 8.13. The fraction of sp³-hybridized carbons (Fsp3) is 0.381. The molecular weight excluding hydrogens is 332 g/mol. The Morgan fingerprint density at radius 2 is 1.76 bits per heavy atom. The molecule has 0 heterocycles. The van der Waals surface area contributed by atoms with E-state index in [0.717, 1.165) is 5.56 Å². The van der Waals surface area contributed by atoms with Gasteiger partial charge in [-0.1, -0.05) is 68.1 Å². The van der Waals surface area contributed by atoms with Gasteiger partial charge in [-0.15, -0.1) is 0 Å². The normalized spacial score (nSPS) is 16.8. The van der Waals surface area contributed by atoms with E-state index >= 15 is 0 Å². The third-order valence-electron chi connectivity index (χ3n) is 5.03. The summed E-state index contributed by atoms with van der Waals surface area (Å²) in [6.07, 6.45) is -1.44. The molecule has 25 heavy (non-hydrogen) atoms. The number of benzene rings is 2. The van der Waals surface area contributed by atoms with Gasteiger partial charge in [0.25, 0.3) is 0 Å². The molecular formula is C21H24O3S. The van der Waals surface area contributed by atoms with Crippen molar-refractivity contribution in [3.63, 3.8) is 0 Å². The standard InChI is InChI=1S/C21H24O3S/c1-13(22)25-11-10-19(23)20(24)14-8-9-16-15-6-4-5-7-17(15)21(2,3)18(16)12-14/h4-9,12,19-20,23-24H,10-11H2,1-3H3. The lowest BCUT2D eigenvalue weighted by molar-refractivity contribution is -0.109. The highest BCUT2D eigenvalue weighted by Crippen LogP contribution is 2.49. The lowest BCUT2D eigenvalue weighted by Crippen LogP contribution is -2.20. The quantitative estimate of drug-likeness (QED) is 0.848. The molecule has 1 aliphatic carbocycles. The van der Waals surface area contributed by atoms with Crippen LogP contribution in [0.5, 0.6) is 0 Å². The molecule has 3 rings (SSSR count). The topological polar surface area (TPSA) is 57.5 Å². The molecule has 0 amide bonds. The van der Waals surface area contributed by atoms with E-state index in [-0.39, 0.29) is 10.5 Å². The van der Waals surface area contributed by atoms with Crippen LogP contribution in [-0.4, -0.2) is 27.2 Å². The van der Waals surface area contributed by atoms with Crippen LogP contribution in [0.25, 0.3) is 11.1 Å². The number of rotatable bonds is 5. The minimum atomic E-state index is -0.947. The molecule has 132 valence electrons. The van der Waals surface area contributed by atoms with Crippen LogP contribution in [0, 0.1) is 0 Å². The summed E-state index contributed by atoms with van der Waals surface area (Å²) < 4.78 is 0. The smallest absolute Gasteiger partial charge is 0.185 e. The molecule has 0 aromatic heterocycles. The number of hydrogen-bond donors (Lipinski definition) is 2. The third-order valence-corrected chi connectivity index (χ3v) is 5.88. The van der Waals surface area contributed by atoms with Gasteiger partial charge in [-0.05, 0) is 34.2 Å². The average molecular weight is 356 g/mol. The molecule has 2 N–H and O–H groups in total. The number of fused-ring (bicyclic) bond motifs is 3. The van der Waals surface area contributed by atoms with Crippen molar-refractivity contribution >= 4 is 16.9 Å². The number of aliphatic hydroxyl groups excluding tert-OH is 2. The Morgan fingerprint density at radius 1 is 1.08 bits per heavy atom. The van der Waals surface area contributed by atoms with Crippen LogP contribution in [0.15, 0.2) is 42.5 Å². The molecule has 2 atom stereocenters. The molecule has 3 nitrogen and oxygen atoms in total. The second-order valence-corrected chi connectivity index (χ2v) is 8.39. The maximum absolute atomic E-state index is 11.0. The minimum absolute atomic E-state index is 0.0266. The Labute approximate surface area is 153 Å². The first kappa shape index (κ1) is 18.2. The Hall–Kier alpha value is -1.62. The monoisotopic (exact) mass is 356 g/mol. The zero-order chi connectivity index (χ0) is 18.2. The fourth-order valence-electron chi connectivity index (χ4n) is 3.61. The summed E-state index contributed by atoms with van der Waals surface area (Å²) in [7, 11) is 0. The third kappa shape index (κ3) is 3.39. The molecule has 4 heteroatoms. The van der Waals surface area contributed by atoms with Crippen LogP contribution in [0.1, 0.15) is 50.0 Å². The van der Waals surface area contributed by atoms with Crippen LogP contribution in [0.4, 0.5) is 0 Å². The number of carbonyl (C=O) groups excluding carboxylic acids is 1. The maximum Gasteiger partial charge on any atom is 0.185 e. The number of aliphatic hydroxyl groups is 2. The van der Waals surface area contributed by atoms with Crippen molar-refractivity contribution in [2.75, 3.05) is 5.75 Å². The van der Waals surface area contributed by atoms with E-state index in [1.165, 1.54) is 40.9 Å². The summed E-state index contributed by atoms with van der Waals surface area (Å²) in [6.45, 7) is 5.88. The first-order valence-electron chi connectivity index (χ1n) is 8.56. The average Bonchev–Trinajstić information content (AvgIpc) is 2.82. The highest BCUT2D eigenvalue weighted by Gasteiger charge is 2.35. The number of thioether (sulfide) groups is 1. The van der Waals surface area contributed by atoms with E-state index in [4.69, 9.17) is 0 Å². The maximum atomic E-state index is 11.0. The van der Waals surface area contributed by atoms with Crippen molar-refractivity contribution < 1.29 is 15.0 Å². The molecule has 0 radical (unpaired) electrons. The summed E-state index contributed by atoms with van der Waals surface area (Å²) in [5, 5.41) is 20.8. The summed E-state index contributed by atoms with van der Waals surface area (Å²) in [6, 6.07) is 14.3. The fourth-order valence-corrected chi connectivity index (χ4v) is 4.26. The lowest BCUT2D eigenvalue weighted by Gasteiger charge is -2.24. The summed E-state index contributed by atoms with van der Waals surface area (Å²) >= 11 is 1.17. The molecule has 0 saturated heterocycles. The second kappa shape index (κ2) is 6.94. The molecule has 2 aromatic rings. The van der Waals surface area contributed by atoms with E-state index in [1.54, 1.807) is 0 Å². The van der Waals surface area contributed by atoms with Gasteiger partial charge in [0.1, 0.15) is 6.10 Å². The second-order valence-electron chi connectivity index (χ2n) is 7.12.